The predicted octanol–water partition coefficient (Wildman–Crippen LogP) is -0.359. The van der Waals surface area contributed by atoms with Crippen molar-refractivity contribution in [1.29, 1.82) is 0 Å². The van der Waals surface area contributed by atoms with Gasteiger partial charge < -0.3 is 5.32 Å². The Balaban J connectivity index is 2.36. The first kappa shape index (κ1) is 8.01. The third kappa shape index (κ3) is 1.95. The van der Waals surface area contributed by atoms with E-state index >= 15 is 0 Å². The highest BCUT2D eigenvalue weighted by atomic mass is 32.2. The molecule has 0 amide bonds. The van der Waals surface area contributed by atoms with Gasteiger partial charge in [-0.2, -0.15) is 0 Å². The molecule has 1 aliphatic rings. The molecule has 0 spiro atoms. The number of nitrogens with one attached hydrogen (secondary N) is 1. The van der Waals surface area contributed by atoms with E-state index in [9.17, 15) is 8.42 Å². The fraction of sp³-hybridized carbons (Fsp3) is 1.00. The lowest BCUT2D eigenvalue weighted by Crippen LogP contribution is -2.45. The van der Waals surface area contributed by atoms with Crippen molar-refractivity contribution in [2.45, 2.75) is 6.92 Å². The van der Waals surface area contributed by atoms with Crippen LogP contribution in [0, 0.1) is 5.92 Å². The number of sulfone groups is 1. The van der Waals surface area contributed by atoms with Crippen LogP contribution in [0.2, 0.25) is 0 Å². The highest BCUT2D eigenvalue weighted by molar-refractivity contribution is 7.91. The topological polar surface area (TPSA) is 46.2 Å². The molecule has 0 saturated carbocycles. The fourth-order valence-electron chi connectivity index (χ4n) is 0.943. The summed E-state index contributed by atoms with van der Waals surface area (Å²) < 4.78 is 21.9. The summed E-state index contributed by atoms with van der Waals surface area (Å²) in [5.74, 6) is 1.03. The monoisotopic (exact) mass is 163 g/mol. The van der Waals surface area contributed by atoms with Gasteiger partial charge in [-0.3, -0.25) is 0 Å². The second-order valence-electron chi connectivity index (χ2n) is 2.72. The molecule has 0 atom stereocenters. The molecule has 1 heterocycles. The van der Waals surface area contributed by atoms with Crippen LogP contribution < -0.4 is 5.32 Å². The van der Waals surface area contributed by atoms with Crippen molar-refractivity contribution in [1.82, 2.24) is 5.32 Å². The third-order valence-electron chi connectivity index (χ3n) is 1.80. The van der Waals surface area contributed by atoms with E-state index in [1.165, 1.54) is 0 Å². The zero-order valence-electron chi connectivity index (χ0n) is 6.13. The van der Waals surface area contributed by atoms with E-state index in [1.807, 2.05) is 0 Å². The lowest BCUT2D eigenvalue weighted by Gasteiger charge is -2.26. The molecule has 1 rings (SSSR count). The van der Waals surface area contributed by atoms with E-state index in [1.54, 1.807) is 6.92 Å². The maximum atomic E-state index is 11.0. The highest BCUT2D eigenvalue weighted by Gasteiger charge is 2.22. The van der Waals surface area contributed by atoms with Crippen LogP contribution in [0.3, 0.4) is 0 Å². The zero-order chi connectivity index (χ0) is 7.61. The van der Waals surface area contributed by atoms with Gasteiger partial charge in [-0.1, -0.05) is 6.92 Å². The van der Waals surface area contributed by atoms with Crippen LogP contribution in [0.25, 0.3) is 0 Å². The molecule has 0 aromatic rings. The van der Waals surface area contributed by atoms with Gasteiger partial charge in [0.05, 0.1) is 5.75 Å². The lowest BCUT2D eigenvalue weighted by atomic mass is 10.1. The van der Waals surface area contributed by atoms with Crippen molar-refractivity contribution in [3.8, 4) is 0 Å². The van der Waals surface area contributed by atoms with Crippen LogP contribution >= 0.6 is 0 Å². The van der Waals surface area contributed by atoms with Gasteiger partial charge in [-0.15, -0.1) is 0 Å². The van der Waals surface area contributed by atoms with Gasteiger partial charge in [0, 0.05) is 18.8 Å². The van der Waals surface area contributed by atoms with Crippen LogP contribution in [-0.2, 0) is 9.84 Å². The SMILES string of the molecule is CCS(=O)(=O)CC1CNC1. The molecule has 1 aliphatic heterocycles. The first-order valence-corrected chi connectivity index (χ1v) is 5.37. The summed E-state index contributed by atoms with van der Waals surface area (Å²) in [6.07, 6.45) is 0. The Hall–Kier alpha value is -0.0900. The molecule has 1 N–H and O–H groups in total. The molecule has 0 bridgehead atoms. The average molecular weight is 163 g/mol. The Labute approximate surface area is 61.7 Å². The van der Waals surface area contributed by atoms with E-state index in [0.29, 0.717) is 11.7 Å². The second-order valence-corrected chi connectivity index (χ2v) is 5.12. The molecular weight excluding hydrogens is 150 g/mol. The summed E-state index contributed by atoms with van der Waals surface area (Å²) in [5, 5.41) is 3.04. The Kier molecular flexibility index (Phi) is 2.31. The van der Waals surface area contributed by atoms with Crippen LogP contribution in [0.1, 0.15) is 6.92 Å². The van der Waals surface area contributed by atoms with E-state index in [4.69, 9.17) is 0 Å². The standard InChI is InChI=1S/C6H13NO2S/c1-2-10(8,9)5-6-3-7-4-6/h6-7H,2-5H2,1H3. The summed E-state index contributed by atoms with van der Waals surface area (Å²) in [5.41, 5.74) is 0. The highest BCUT2D eigenvalue weighted by Crippen LogP contribution is 2.06. The molecule has 1 saturated heterocycles. The first-order valence-electron chi connectivity index (χ1n) is 3.55. The average Bonchev–Trinajstić information content (AvgIpc) is 1.80. The van der Waals surface area contributed by atoms with Crippen LogP contribution in [0.4, 0.5) is 0 Å². The summed E-state index contributed by atoms with van der Waals surface area (Å²) in [6, 6.07) is 0. The van der Waals surface area contributed by atoms with Gasteiger partial charge in [0.2, 0.25) is 0 Å². The maximum absolute atomic E-state index is 11.0. The Morgan fingerprint density at radius 2 is 2.10 bits per heavy atom. The lowest BCUT2D eigenvalue weighted by molar-refractivity contribution is 0.378. The molecule has 0 radical (unpaired) electrons. The Bertz CT molecular complexity index is 194. The molecule has 0 aliphatic carbocycles. The predicted molar refractivity (Wildman–Crippen MR) is 40.7 cm³/mol. The summed E-state index contributed by atoms with van der Waals surface area (Å²) in [7, 11) is -2.72. The van der Waals surface area contributed by atoms with Gasteiger partial charge in [0.1, 0.15) is 9.84 Å². The fourth-order valence-corrected chi connectivity index (χ4v) is 2.13. The molecule has 10 heavy (non-hydrogen) atoms. The minimum Gasteiger partial charge on any atom is -0.316 e. The number of hydrogen-bond donors (Lipinski definition) is 1. The minimum absolute atomic E-state index is 0.281. The summed E-state index contributed by atoms with van der Waals surface area (Å²) in [6.45, 7) is 3.44. The van der Waals surface area contributed by atoms with E-state index in [2.05, 4.69) is 5.32 Å². The number of rotatable bonds is 3. The molecule has 0 unspecified atom stereocenters. The quantitative estimate of drug-likeness (QED) is 0.618. The molecule has 4 heteroatoms. The van der Waals surface area contributed by atoms with Crippen LogP contribution in [0.15, 0.2) is 0 Å². The molecule has 0 aromatic heterocycles. The minimum atomic E-state index is -2.72. The van der Waals surface area contributed by atoms with Gasteiger partial charge in [0.15, 0.2) is 0 Å². The molecule has 60 valence electrons. The van der Waals surface area contributed by atoms with Crippen molar-refractivity contribution in [3.05, 3.63) is 0 Å². The first-order chi connectivity index (χ1) is 4.64. The van der Waals surface area contributed by atoms with Gasteiger partial charge in [0.25, 0.3) is 0 Å². The molecular formula is C6H13NO2S. The van der Waals surface area contributed by atoms with Gasteiger partial charge in [-0.25, -0.2) is 8.42 Å². The van der Waals surface area contributed by atoms with Crippen LogP contribution in [-0.4, -0.2) is 33.0 Å². The normalized spacial score (nSPS) is 20.5. The van der Waals surface area contributed by atoms with Crippen molar-refractivity contribution in [2.75, 3.05) is 24.6 Å². The maximum Gasteiger partial charge on any atom is 0.150 e. The van der Waals surface area contributed by atoms with Crippen molar-refractivity contribution < 1.29 is 8.42 Å². The van der Waals surface area contributed by atoms with E-state index in [-0.39, 0.29) is 5.75 Å². The van der Waals surface area contributed by atoms with Crippen molar-refractivity contribution >= 4 is 9.84 Å². The molecule has 1 fully saturated rings. The Morgan fingerprint density at radius 3 is 2.40 bits per heavy atom. The van der Waals surface area contributed by atoms with Crippen molar-refractivity contribution in [3.63, 3.8) is 0 Å². The molecule has 3 nitrogen and oxygen atoms in total. The van der Waals surface area contributed by atoms with Gasteiger partial charge >= 0.3 is 0 Å². The van der Waals surface area contributed by atoms with E-state index < -0.39 is 9.84 Å². The second kappa shape index (κ2) is 2.88. The summed E-state index contributed by atoms with van der Waals surface area (Å²) in [4.78, 5) is 0. The molecule has 0 aromatic carbocycles. The van der Waals surface area contributed by atoms with E-state index in [0.717, 1.165) is 13.1 Å². The summed E-state index contributed by atoms with van der Waals surface area (Å²) >= 11 is 0. The van der Waals surface area contributed by atoms with Gasteiger partial charge in [-0.05, 0) is 5.92 Å². The largest absolute Gasteiger partial charge is 0.316 e. The van der Waals surface area contributed by atoms with Crippen molar-refractivity contribution in [2.24, 2.45) is 5.92 Å². The Morgan fingerprint density at radius 1 is 1.50 bits per heavy atom. The number of hydrogen-bond acceptors (Lipinski definition) is 3. The van der Waals surface area contributed by atoms with Crippen LogP contribution in [0.5, 0.6) is 0 Å². The zero-order valence-corrected chi connectivity index (χ0v) is 6.95. The smallest absolute Gasteiger partial charge is 0.150 e. The third-order valence-corrected chi connectivity index (χ3v) is 3.65.